The van der Waals surface area contributed by atoms with Crippen LogP contribution in [-0.4, -0.2) is 51.9 Å². The van der Waals surface area contributed by atoms with Gasteiger partial charge in [-0.2, -0.15) is 5.10 Å². The lowest BCUT2D eigenvalue weighted by atomic mass is 10.0. The molecule has 0 spiro atoms. The molecule has 7 heteroatoms. The van der Waals surface area contributed by atoms with Crippen LogP contribution in [0.15, 0.2) is 60.8 Å². The summed E-state index contributed by atoms with van der Waals surface area (Å²) in [4.78, 5) is 20.2. The van der Waals surface area contributed by atoms with Crippen molar-refractivity contribution in [1.29, 1.82) is 0 Å². The number of hydrogen-bond acceptors (Lipinski definition) is 5. The molecule has 1 atom stereocenters. The van der Waals surface area contributed by atoms with Crippen LogP contribution in [0, 0.1) is 6.92 Å². The summed E-state index contributed by atoms with van der Waals surface area (Å²) in [6.45, 7) is 6.94. The third-order valence-electron chi connectivity index (χ3n) is 6.03. The lowest BCUT2D eigenvalue weighted by Crippen LogP contribution is -2.41. The summed E-state index contributed by atoms with van der Waals surface area (Å²) in [5.74, 6) is 1.32. The Morgan fingerprint density at radius 1 is 1.15 bits per heavy atom. The topological polar surface area (TPSA) is 69.5 Å². The molecule has 1 amide bonds. The summed E-state index contributed by atoms with van der Waals surface area (Å²) in [5.41, 5.74) is 4.16. The standard InChI is InChI=1S/C27H28N4O3/c1-17(2)31-26-22(14-28-31)21(13-23(29-26)19-11-9-18(3)10-12-19)27(32)30(4)15-20-16-33-24-7-5-6-8-25(24)34-20/h5-14,17,20H,15-16H2,1-4H3. The maximum absolute atomic E-state index is 13.7. The van der Waals surface area contributed by atoms with Gasteiger partial charge < -0.3 is 14.4 Å². The van der Waals surface area contributed by atoms with E-state index in [0.29, 0.717) is 30.1 Å². The molecule has 7 nitrogen and oxygen atoms in total. The van der Waals surface area contributed by atoms with Crippen molar-refractivity contribution in [3.8, 4) is 22.8 Å². The number of fused-ring (bicyclic) bond motifs is 2. The van der Waals surface area contributed by atoms with Crippen LogP contribution in [0.25, 0.3) is 22.3 Å². The highest BCUT2D eigenvalue weighted by molar-refractivity contribution is 6.06. The molecule has 5 rings (SSSR count). The van der Waals surface area contributed by atoms with Gasteiger partial charge in [-0.05, 0) is 39.0 Å². The van der Waals surface area contributed by atoms with Crippen molar-refractivity contribution >= 4 is 16.9 Å². The first-order valence-corrected chi connectivity index (χ1v) is 11.5. The average Bonchev–Trinajstić information content (AvgIpc) is 3.28. The summed E-state index contributed by atoms with van der Waals surface area (Å²) >= 11 is 0. The zero-order chi connectivity index (χ0) is 23.8. The number of carbonyl (C=O) groups excluding carboxylic acids is 1. The number of amides is 1. The number of aryl methyl sites for hydroxylation is 1. The second kappa shape index (κ2) is 8.82. The number of rotatable bonds is 5. The van der Waals surface area contributed by atoms with Gasteiger partial charge in [-0.15, -0.1) is 0 Å². The fraction of sp³-hybridized carbons (Fsp3) is 0.296. The molecule has 174 valence electrons. The summed E-state index contributed by atoms with van der Waals surface area (Å²) < 4.78 is 13.8. The maximum Gasteiger partial charge on any atom is 0.254 e. The molecule has 1 aliphatic heterocycles. The first-order valence-electron chi connectivity index (χ1n) is 11.5. The van der Waals surface area contributed by atoms with Crippen LogP contribution in [0.1, 0.15) is 35.8 Å². The van der Waals surface area contributed by atoms with E-state index in [2.05, 4.69) is 18.9 Å². The molecule has 0 saturated heterocycles. The number of carbonyl (C=O) groups is 1. The number of ether oxygens (including phenoxy) is 2. The minimum absolute atomic E-state index is 0.105. The van der Waals surface area contributed by atoms with Gasteiger partial charge >= 0.3 is 0 Å². The monoisotopic (exact) mass is 456 g/mol. The van der Waals surface area contributed by atoms with Gasteiger partial charge in [0.15, 0.2) is 23.3 Å². The Bertz CT molecular complexity index is 1340. The smallest absolute Gasteiger partial charge is 0.254 e. The molecule has 2 aromatic heterocycles. The summed E-state index contributed by atoms with van der Waals surface area (Å²) in [6, 6.07) is 17.7. The van der Waals surface area contributed by atoms with Crippen molar-refractivity contribution in [2.75, 3.05) is 20.2 Å². The van der Waals surface area contributed by atoms with E-state index < -0.39 is 0 Å². The van der Waals surface area contributed by atoms with E-state index in [0.717, 1.165) is 22.4 Å². The molecule has 3 heterocycles. The molecule has 0 aliphatic carbocycles. The van der Waals surface area contributed by atoms with Crippen LogP contribution in [0.2, 0.25) is 0 Å². The largest absolute Gasteiger partial charge is 0.486 e. The van der Waals surface area contributed by atoms with Gasteiger partial charge in [-0.1, -0.05) is 42.0 Å². The van der Waals surface area contributed by atoms with Crippen LogP contribution in [-0.2, 0) is 0 Å². The molecule has 0 fully saturated rings. The molecule has 4 aromatic rings. The third kappa shape index (κ3) is 4.09. The second-order valence-corrected chi connectivity index (χ2v) is 9.02. The van der Waals surface area contributed by atoms with E-state index in [9.17, 15) is 4.79 Å². The second-order valence-electron chi connectivity index (χ2n) is 9.02. The van der Waals surface area contributed by atoms with Crippen molar-refractivity contribution in [2.24, 2.45) is 0 Å². The van der Waals surface area contributed by atoms with E-state index in [1.165, 1.54) is 5.56 Å². The van der Waals surface area contributed by atoms with Gasteiger partial charge in [0.1, 0.15) is 6.61 Å². The number of pyridine rings is 1. The molecule has 1 aliphatic rings. The molecule has 0 saturated carbocycles. The van der Waals surface area contributed by atoms with Gasteiger partial charge in [-0.25, -0.2) is 9.67 Å². The Morgan fingerprint density at radius 2 is 1.88 bits per heavy atom. The summed E-state index contributed by atoms with van der Waals surface area (Å²) in [7, 11) is 1.79. The van der Waals surface area contributed by atoms with Crippen molar-refractivity contribution < 1.29 is 14.3 Å². The van der Waals surface area contributed by atoms with Gasteiger partial charge in [0.05, 0.1) is 29.4 Å². The summed E-state index contributed by atoms with van der Waals surface area (Å²) in [5, 5.41) is 5.27. The molecule has 34 heavy (non-hydrogen) atoms. The Labute approximate surface area is 198 Å². The first-order chi connectivity index (χ1) is 16.4. The molecule has 0 bridgehead atoms. The molecule has 0 radical (unpaired) electrons. The SMILES string of the molecule is Cc1ccc(-c2cc(C(=O)N(C)CC3COc4ccccc4O3)c3cnn(C(C)C)c3n2)cc1. The van der Waals surface area contributed by atoms with Crippen molar-refractivity contribution in [3.05, 3.63) is 71.9 Å². The van der Waals surface area contributed by atoms with Crippen LogP contribution in [0.3, 0.4) is 0 Å². The van der Waals surface area contributed by atoms with Crippen molar-refractivity contribution in [3.63, 3.8) is 0 Å². The summed E-state index contributed by atoms with van der Waals surface area (Å²) in [6.07, 6.45) is 1.48. The molecular formula is C27H28N4O3. The number of aromatic nitrogens is 3. The first kappa shape index (κ1) is 21.9. The molecule has 2 aromatic carbocycles. The zero-order valence-corrected chi connectivity index (χ0v) is 19.9. The van der Waals surface area contributed by atoms with E-state index in [1.807, 2.05) is 66.2 Å². The molecule has 1 unspecified atom stereocenters. The van der Waals surface area contributed by atoms with E-state index in [-0.39, 0.29) is 18.1 Å². The van der Waals surface area contributed by atoms with Crippen molar-refractivity contribution in [2.45, 2.75) is 32.9 Å². The highest BCUT2D eigenvalue weighted by Crippen LogP contribution is 2.31. The number of para-hydroxylation sites is 2. The number of hydrogen-bond donors (Lipinski definition) is 0. The minimum Gasteiger partial charge on any atom is -0.486 e. The van der Waals surface area contributed by atoms with Gasteiger partial charge in [0, 0.05) is 18.7 Å². The highest BCUT2D eigenvalue weighted by Gasteiger charge is 2.26. The highest BCUT2D eigenvalue weighted by atomic mass is 16.6. The zero-order valence-electron chi connectivity index (χ0n) is 19.9. The number of nitrogens with zero attached hydrogens (tertiary/aromatic N) is 4. The Balaban J connectivity index is 1.48. The maximum atomic E-state index is 13.7. The number of likely N-dealkylation sites (N-methyl/N-ethyl adjacent to an activating group) is 1. The van der Waals surface area contributed by atoms with Crippen molar-refractivity contribution in [1.82, 2.24) is 19.7 Å². The lowest BCUT2D eigenvalue weighted by Gasteiger charge is -2.29. The average molecular weight is 457 g/mol. The molecular weight excluding hydrogens is 428 g/mol. The number of benzene rings is 2. The lowest BCUT2D eigenvalue weighted by molar-refractivity contribution is 0.0522. The normalized spacial score (nSPS) is 15.0. The van der Waals surface area contributed by atoms with E-state index in [4.69, 9.17) is 14.5 Å². The van der Waals surface area contributed by atoms with Crippen LogP contribution < -0.4 is 9.47 Å². The fourth-order valence-electron chi connectivity index (χ4n) is 4.19. The van der Waals surface area contributed by atoms with Crippen LogP contribution >= 0.6 is 0 Å². The minimum atomic E-state index is -0.254. The Hall–Kier alpha value is -3.87. The van der Waals surface area contributed by atoms with Crippen LogP contribution in [0.5, 0.6) is 11.5 Å². The molecule has 0 N–H and O–H groups in total. The Kier molecular flexibility index (Phi) is 5.69. The van der Waals surface area contributed by atoms with E-state index >= 15 is 0 Å². The van der Waals surface area contributed by atoms with Gasteiger partial charge in [0.2, 0.25) is 0 Å². The van der Waals surface area contributed by atoms with Crippen LogP contribution in [0.4, 0.5) is 0 Å². The fourth-order valence-corrected chi connectivity index (χ4v) is 4.19. The van der Waals surface area contributed by atoms with Gasteiger partial charge in [-0.3, -0.25) is 4.79 Å². The quantitative estimate of drug-likeness (QED) is 0.427. The van der Waals surface area contributed by atoms with E-state index in [1.54, 1.807) is 18.1 Å². The van der Waals surface area contributed by atoms with Gasteiger partial charge in [0.25, 0.3) is 5.91 Å². The predicted molar refractivity (Wildman–Crippen MR) is 131 cm³/mol. The third-order valence-corrected chi connectivity index (χ3v) is 6.03. The Morgan fingerprint density at radius 3 is 2.62 bits per heavy atom. The predicted octanol–water partition coefficient (Wildman–Crippen LogP) is 4.90.